The highest BCUT2D eigenvalue weighted by molar-refractivity contribution is 6.35. The molecule has 1 N–H and O–H groups in total. The fourth-order valence-electron chi connectivity index (χ4n) is 2.47. The maximum Gasteiger partial charge on any atom is 0.0642 e. The molecular weight excluding hydrogens is 319 g/mol. The van der Waals surface area contributed by atoms with E-state index < -0.39 is 0 Å². The lowest BCUT2D eigenvalue weighted by Crippen LogP contribution is -2.36. The van der Waals surface area contributed by atoms with E-state index in [9.17, 15) is 0 Å². The first-order chi connectivity index (χ1) is 10.7. The van der Waals surface area contributed by atoms with Crippen LogP contribution in [0, 0.1) is 0 Å². The average Bonchev–Trinajstić information content (AvgIpc) is 2.55. The van der Waals surface area contributed by atoms with Crippen LogP contribution in [0.1, 0.15) is 5.56 Å². The fourth-order valence-corrected chi connectivity index (χ4v) is 2.95. The monoisotopic (exact) mass is 336 g/mol. The second kappa shape index (κ2) is 7.23. The van der Waals surface area contributed by atoms with Crippen LogP contribution in [0.15, 0.2) is 42.5 Å². The highest BCUT2D eigenvalue weighted by atomic mass is 35.5. The number of rotatable bonds is 4. The van der Waals surface area contributed by atoms with Gasteiger partial charge in [-0.15, -0.1) is 0 Å². The molecule has 2 aromatic rings. The third-order valence-corrected chi connectivity index (χ3v) is 4.33. The first kappa shape index (κ1) is 15.5. The average molecular weight is 337 g/mol. The number of morpholine rings is 1. The summed E-state index contributed by atoms with van der Waals surface area (Å²) in [5, 5.41) is 4.72. The van der Waals surface area contributed by atoms with Crippen LogP contribution in [0.25, 0.3) is 0 Å². The normalized spacial score (nSPS) is 14.9. The van der Waals surface area contributed by atoms with Crippen LogP contribution < -0.4 is 10.2 Å². The lowest BCUT2D eigenvalue weighted by molar-refractivity contribution is 0.122. The zero-order valence-corrected chi connectivity index (χ0v) is 13.7. The molecule has 0 saturated carbocycles. The van der Waals surface area contributed by atoms with Crippen molar-refractivity contribution in [3.05, 3.63) is 58.1 Å². The van der Waals surface area contributed by atoms with Gasteiger partial charge < -0.3 is 15.0 Å². The number of benzene rings is 2. The predicted octanol–water partition coefficient (Wildman–Crippen LogP) is 4.44. The van der Waals surface area contributed by atoms with Crippen molar-refractivity contribution >= 4 is 34.6 Å². The molecule has 0 amide bonds. The Morgan fingerprint density at radius 3 is 2.41 bits per heavy atom. The summed E-state index contributed by atoms with van der Waals surface area (Å²) in [6.07, 6.45) is 0. The van der Waals surface area contributed by atoms with Crippen LogP contribution in [0.3, 0.4) is 0 Å². The summed E-state index contributed by atoms with van der Waals surface area (Å²) in [6.45, 7) is 4.18. The van der Waals surface area contributed by atoms with Gasteiger partial charge in [0, 0.05) is 41.1 Å². The molecule has 2 aromatic carbocycles. The molecule has 1 heterocycles. The Bertz CT molecular complexity index is 625. The van der Waals surface area contributed by atoms with E-state index >= 15 is 0 Å². The van der Waals surface area contributed by atoms with E-state index in [0.717, 1.165) is 37.6 Å². The van der Waals surface area contributed by atoms with Crippen LogP contribution in [0.2, 0.25) is 10.0 Å². The summed E-state index contributed by atoms with van der Waals surface area (Å²) >= 11 is 12.1. The van der Waals surface area contributed by atoms with Crippen molar-refractivity contribution in [2.45, 2.75) is 6.54 Å². The van der Waals surface area contributed by atoms with E-state index in [4.69, 9.17) is 27.9 Å². The molecule has 0 aromatic heterocycles. The maximum absolute atomic E-state index is 6.18. The first-order valence-electron chi connectivity index (χ1n) is 7.33. The zero-order chi connectivity index (χ0) is 15.4. The summed E-state index contributed by atoms with van der Waals surface area (Å²) in [5.74, 6) is 0. The standard InChI is InChI=1S/C17H18Cl2N2O/c18-14-2-1-13(17(19)11-14)12-20-15-3-5-16(6-4-15)21-7-9-22-10-8-21/h1-6,11,20H,7-10,12H2. The third-order valence-electron chi connectivity index (χ3n) is 3.74. The molecule has 0 atom stereocenters. The van der Waals surface area contributed by atoms with Gasteiger partial charge in [0.15, 0.2) is 0 Å². The molecule has 1 saturated heterocycles. The summed E-state index contributed by atoms with van der Waals surface area (Å²) in [6, 6.07) is 14.0. The number of halogens is 2. The second-order valence-electron chi connectivity index (χ2n) is 5.24. The summed E-state index contributed by atoms with van der Waals surface area (Å²) in [7, 11) is 0. The van der Waals surface area contributed by atoms with Crippen molar-refractivity contribution in [1.82, 2.24) is 0 Å². The summed E-state index contributed by atoms with van der Waals surface area (Å²) in [4.78, 5) is 2.34. The van der Waals surface area contributed by atoms with E-state index in [2.05, 4.69) is 34.5 Å². The minimum Gasteiger partial charge on any atom is -0.381 e. The number of ether oxygens (including phenoxy) is 1. The number of anilines is 2. The van der Waals surface area contributed by atoms with Crippen LogP contribution in [-0.2, 0) is 11.3 Å². The van der Waals surface area contributed by atoms with Crippen LogP contribution in [-0.4, -0.2) is 26.3 Å². The van der Waals surface area contributed by atoms with Crippen molar-refractivity contribution in [3.63, 3.8) is 0 Å². The number of nitrogens with zero attached hydrogens (tertiary/aromatic N) is 1. The van der Waals surface area contributed by atoms with Gasteiger partial charge in [-0.2, -0.15) is 0 Å². The van der Waals surface area contributed by atoms with E-state index in [1.807, 2.05) is 12.1 Å². The Labute approximate surface area is 140 Å². The van der Waals surface area contributed by atoms with Crippen LogP contribution >= 0.6 is 23.2 Å². The SMILES string of the molecule is Clc1ccc(CNc2ccc(N3CCOCC3)cc2)c(Cl)c1. The quantitative estimate of drug-likeness (QED) is 0.893. The number of hydrogen-bond acceptors (Lipinski definition) is 3. The van der Waals surface area contributed by atoms with Crippen molar-refractivity contribution < 1.29 is 4.74 Å². The van der Waals surface area contributed by atoms with Crippen molar-refractivity contribution in [2.75, 3.05) is 36.5 Å². The molecule has 3 nitrogen and oxygen atoms in total. The molecule has 1 aliphatic rings. The highest BCUT2D eigenvalue weighted by Crippen LogP contribution is 2.23. The zero-order valence-electron chi connectivity index (χ0n) is 12.2. The Hall–Kier alpha value is -1.42. The first-order valence-corrected chi connectivity index (χ1v) is 8.08. The number of nitrogens with one attached hydrogen (secondary N) is 1. The van der Waals surface area contributed by atoms with Gasteiger partial charge >= 0.3 is 0 Å². The molecule has 1 aliphatic heterocycles. The molecule has 1 fully saturated rings. The van der Waals surface area contributed by atoms with Crippen LogP contribution in [0.5, 0.6) is 0 Å². The molecule has 22 heavy (non-hydrogen) atoms. The van der Waals surface area contributed by atoms with Crippen molar-refractivity contribution in [1.29, 1.82) is 0 Å². The van der Waals surface area contributed by atoms with Gasteiger partial charge in [-0.3, -0.25) is 0 Å². The van der Waals surface area contributed by atoms with E-state index in [-0.39, 0.29) is 0 Å². The van der Waals surface area contributed by atoms with Gasteiger partial charge in [0.05, 0.1) is 13.2 Å². The topological polar surface area (TPSA) is 24.5 Å². The van der Waals surface area contributed by atoms with Gasteiger partial charge in [0.25, 0.3) is 0 Å². The molecule has 0 bridgehead atoms. The molecule has 0 spiro atoms. The maximum atomic E-state index is 6.18. The van der Waals surface area contributed by atoms with Crippen LogP contribution in [0.4, 0.5) is 11.4 Å². The van der Waals surface area contributed by atoms with Crippen molar-refractivity contribution in [2.24, 2.45) is 0 Å². The molecule has 116 valence electrons. The summed E-state index contributed by atoms with van der Waals surface area (Å²) < 4.78 is 5.38. The molecule has 5 heteroatoms. The number of hydrogen-bond donors (Lipinski definition) is 1. The Morgan fingerprint density at radius 2 is 1.73 bits per heavy atom. The van der Waals surface area contributed by atoms with Crippen molar-refractivity contribution in [3.8, 4) is 0 Å². The minimum atomic E-state index is 0.656. The lowest BCUT2D eigenvalue weighted by Gasteiger charge is -2.29. The largest absolute Gasteiger partial charge is 0.381 e. The lowest BCUT2D eigenvalue weighted by atomic mass is 10.2. The Balaban J connectivity index is 1.61. The Kier molecular flexibility index (Phi) is 5.08. The Morgan fingerprint density at radius 1 is 1.00 bits per heavy atom. The molecular formula is C17H18Cl2N2O. The molecule has 0 aliphatic carbocycles. The third kappa shape index (κ3) is 3.86. The fraction of sp³-hybridized carbons (Fsp3) is 0.294. The van der Waals surface area contributed by atoms with Gasteiger partial charge in [0.1, 0.15) is 0 Å². The van der Waals surface area contributed by atoms with Gasteiger partial charge in [0.2, 0.25) is 0 Å². The van der Waals surface area contributed by atoms with Gasteiger partial charge in [-0.05, 0) is 42.0 Å². The van der Waals surface area contributed by atoms with Gasteiger partial charge in [-0.25, -0.2) is 0 Å². The van der Waals surface area contributed by atoms with Gasteiger partial charge in [-0.1, -0.05) is 29.3 Å². The van der Waals surface area contributed by atoms with E-state index in [0.29, 0.717) is 16.6 Å². The molecule has 0 radical (unpaired) electrons. The smallest absolute Gasteiger partial charge is 0.0642 e. The second-order valence-corrected chi connectivity index (χ2v) is 6.08. The van der Waals surface area contributed by atoms with E-state index in [1.165, 1.54) is 5.69 Å². The van der Waals surface area contributed by atoms with E-state index in [1.54, 1.807) is 6.07 Å². The molecule has 3 rings (SSSR count). The molecule has 0 unspecified atom stereocenters. The summed E-state index contributed by atoms with van der Waals surface area (Å²) in [5.41, 5.74) is 3.34. The minimum absolute atomic E-state index is 0.656. The highest BCUT2D eigenvalue weighted by Gasteiger charge is 2.10. The predicted molar refractivity (Wildman–Crippen MR) is 93.3 cm³/mol.